The molecule has 0 unspecified atom stereocenters. The van der Waals surface area contributed by atoms with Crippen molar-refractivity contribution < 1.29 is 23.3 Å². The summed E-state index contributed by atoms with van der Waals surface area (Å²) < 4.78 is 167. The first-order chi connectivity index (χ1) is 68.9. The highest BCUT2D eigenvalue weighted by atomic mass is 15.2. The minimum Gasteiger partial charge on any atom is -0.342 e. The van der Waals surface area contributed by atoms with E-state index in [-0.39, 0.29) is 79.7 Å². The maximum absolute atomic E-state index is 10.1. The van der Waals surface area contributed by atoms with Gasteiger partial charge < -0.3 is 28.4 Å². The van der Waals surface area contributed by atoms with Crippen molar-refractivity contribution >= 4 is 128 Å². The highest BCUT2D eigenvalue weighted by Crippen LogP contribution is 2.48. The molecule has 0 N–H and O–H groups in total. The minimum absolute atomic E-state index is 0.0193. The first kappa shape index (κ1) is 61.8. The van der Waals surface area contributed by atoms with E-state index < -0.39 is 97.3 Å². The molecule has 0 spiro atoms. The SMILES string of the molecule is [2H]c1c([2H])c([2H])c(N(c2ccccc2)c2ccc3c(c2)c2c([2H])c([2H])c([2H])c([2H])c2n3CCc2cc3c4c(c2)N(Cc2c(-c5ccccc5)cc(C(C)(C)C)cc2-c2ccccc2)c2cc(Cn5c6ccc(C(C)(C)C)cc6c6cc(C(C)(C)C)ccc65)ccc2B4c2ccc(-n4c5c([2H])c([2H])c([2H])c([2H])c5c5c([2H])c([2H])c([2H])c([2H])c54)cc2N3CCc2cc(-c3ccccc3)cc(-c3ccccc3)c2)c([2H])c1[2H]. The Balaban J connectivity index is 0.840. The van der Waals surface area contributed by atoms with E-state index >= 15 is 0 Å². The van der Waals surface area contributed by atoms with Gasteiger partial charge in [-0.1, -0.05) is 329 Å². The summed E-state index contributed by atoms with van der Waals surface area (Å²) in [6.45, 7) is 20.9. The van der Waals surface area contributed by atoms with Crippen molar-refractivity contribution in [3.05, 3.63) is 427 Å². The molecule has 5 heterocycles. The van der Waals surface area contributed by atoms with Crippen LogP contribution in [0.15, 0.2) is 388 Å². The number of anilines is 7. The number of aryl methyl sites for hydroxylation is 2. The van der Waals surface area contributed by atoms with Gasteiger partial charge in [0, 0.05) is 126 Å². The fourth-order valence-corrected chi connectivity index (χ4v) is 19.7. The van der Waals surface area contributed by atoms with Crippen LogP contribution in [0.1, 0.15) is 125 Å². The second-order valence-electron chi connectivity index (χ2n) is 37.1. The molecule has 0 bridgehead atoms. The van der Waals surface area contributed by atoms with Gasteiger partial charge in [-0.05, 0) is 250 Å². The Labute approximate surface area is 770 Å². The molecular formula is C120H103BN6. The summed E-state index contributed by atoms with van der Waals surface area (Å²) in [5, 5.41) is 2.88. The summed E-state index contributed by atoms with van der Waals surface area (Å²) in [6.07, 6.45) is 0.662. The van der Waals surface area contributed by atoms with E-state index in [4.69, 9.17) is 4.11 Å². The Morgan fingerprint density at radius 1 is 0.291 bits per heavy atom. The molecule has 0 saturated carbocycles. The van der Waals surface area contributed by atoms with Crippen molar-refractivity contribution in [2.24, 2.45) is 0 Å². The van der Waals surface area contributed by atoms with Crippen LogP contribution in [0.5, 0.6) is 0 Å². The number of rotatable bonds is 18. The molecule has 0 radical (unpaired) electrons. The lowest BCUT2D eigenvalue weighted by molar-refractivity contribution is 0.590. The van der Waals surface area contributed by atoms with Crippen molar-refractivity contribution in [1.29, 1.82) is 0 Å². The predicted molar refractivity (Wildman–Crippen MR) is 542 cm³/mol. The largest absolute Gasteiger partial charge is 0.342 e. The molecule has 22 rings (SSSR count). The maximum atomic E-state index is 10.1. The molecular weight excluding hydrogens is 1540 g/mol. The van der Waals surface area contributed by atoms with Crippen molar-refractivity contribution in [2.45, 2.75) is 111 Å². The van der Waals surface area contributed by atoms with Crippen LogP contribution in [0.3, 0.4) is 0 Å². The normalized spacial score (nSPS) is 14.6. The van der Waals surface area contributed by atoms with Gasteiger partial charge in [-0.2, -0.15) is 0 Å². The van der Waals surface area contributed by atoms with Gasteiger partial charge in [0.25, 0.3) is 6.71 Å². The zero-order valence-corrected chi connectivity index (χ0v) is 72.6. The van der Waals surface area contributed by atoms with E-state index in [1.165, 1.54) is 11.1 Å². The number of hydrogen-bond donors (Lipinski definition) is 0. The third-order valence-corrected chi connectivity index (χ3v) is 26.1. The number of benzene rings is 17. The van der Waals surface area contributed by atoms with Crippen LogP contribution < -0.4 is 31.1 Å². The molecule has 616 valence electrons. The number of hydrogen-bond acceptors (Lipinski definition) is 3. The zero-order chi connectivity index (χ0) is 101. The Kier molecular flexibility index (Phi) is 15.3. The number of nitrogens with zero attached hydrogens (tertiary/aromatic N) is 6. The number of para-hydroxylation sites is 5. The van der Waals surface area contributed by atoms with Gasteiger partial charge in [-0.3, -0.25) is 0 Å². The summed E-state index contributed by atoms with van der Waals surface area (Å²) >= 11 is 0. The van der Waals surface area contributed by atoms with Gasteiger partial charge in [0.15, 0.2) is 0 Å². The predicted octanol–water partition coefficient (Wildman–Crippen LogP) is 29.2. The molecule has 2 aliphatic heterocycles. The third-order valence-electron chi connectivity index (χ3n) is 26.1. The summed E-state index contributed by atoms with van der Waals surface area (Å²) in [6, 6.07) is 91.5. The van der Waals surface area contributed by atoms with Crippen molar-refractivity contribution in [2.75, 3.05) is 21.2 Å². The minimum atomic E-state index is -0.589. The van der Waals surface area contributed by atoms with Crippen LogP contribution in [-0.2, 0) is 48.7 Å². The highest BCUT2D eigenvalue weighted by molar-refractivity contribution is 7.00. The lowest BCUT2D eigenvalue weighted by Crippen LogP contribution is -2.62. The average molecular weight is 1660 g/mol. The molecule has 0 amide bonds. The van der Waals surface area contributed by atoms with Gasteiger partial charge in [-0.15, -0.1) is 0 Å². The van der Waals surface area contributed by atoms with Gasteiger partial charge in [-0.25, -0.2) is 0 Å². The standard InChI is InChI=1S/C120H103BN6/c1-118(2,3)89-53-59-109-101(72-89)102-73-90(119(4,5)6)54-60-110(102)124(109)78-82-52-57-105-113(70-82)125(79-104-99(85-38-20-12-21-39-85)74-91(120(7,8)9)75-100(104)86-40-22-13-23-41-86)116-69-81(63-64-122-107-49-31-28-48-98(107)103-76-94(56-61-108(103)122)126(92-42-24-14-25-43-92)93-44-26-15-27-45-93)68-115-117(116)121(105)106-58-55-95(127-111-50-32-29-46-96(111)97-47-30-33-51-112(97)127)77-114(106)123(115)65-62-80-66-87(83-34-16-10-17-35-83)71-88(67-80)84-36-18-11-19-37-84/h10-61,66-77H,62-65,78-79H2,1-9H3/i14D,24D,25D,28D,29D,30D,31D,32D,33D,42D,43D,46D,47D,48D,49D,50D,51D. The fraction of sp³-hybridized carbons (Fsp3) is 0.150. The first-order valence-corrected chi connectivity index (χ1v) is 44.0. The molecule has 2 aliphatic rings. The van der Waals surface area contributed by atoms with E-state index in [0.717, 1.165) is 128 Å². The molecule has 17 aromatic carbocycles. The van der Waals surface area contributed by atoms with Crippen LogP contribution in [0.25, 0.3) is 116 Å². The van der Waals surface area contributed by atoms with Crippen LogP contribution in [0.2, 0.25) is 0 Å². The average Bonchev–Trinajstić information content (AvgIpc) is 1.66. The molecule has 6 nitrogen and oxygen atoms in total. The fourth-order valence-electron chi connectivity index (χ4n) is 19.7. The van der Waals surface area contributed by atoms with E-state index in [2.05, 4.69) is 265 Å². The summed E-state index contributed by atoms with van der Waals surface area (Å²) in [5.74, 6) is 0. The second kappa shape index (κ2) is 31.4. The highest BCUT2D eigenvalue weighted by Gasteiger charge is 2.44. The Bertz CT molecular complexity index is 8450. The van der Waals surface area contributed by atoms with Gasteiger partial charge in [0.1, 0.15) is 0 Å². The van der Waals surface area contributed by atoms with Crippen LogP contribution in [0, 0.1) is 0 Å². The Morgan fingerprint density at radius 3 is 1.30 bits per heavy atom. The van der Waals surface area contributed by atoms with E-state index in [0.29, 0.717) is 59.7 Å². The maximum Gasteiger partial charge on any atom is 0.252 e. The van der Waals surface area contributed by atoms with E-state index in [1.807, 2.05) is 65.2 Å². The van der Waals surface area contributed by atoms with E-state index in [9.17, 15) is 19.2 Å². The summed E-state index contributed by atoms with van der Waals surface area (Å²) in [5.41, 5.74) is 25.3. The topological polar surface area (TPSA) is 24.5 Å². The zero-order valence-electron chi connectivity index (χ0n) is 89.6. The first-order valence-electron chi connectivity index (χ1n) is 52.5. The van der Waals surface area contributed by atoms with Crippen LogP contribution >= 0.6 is 0 Å². The molecule has 20 aromatic rings. The molecule has 127 heavy (non-hydrogen) atoms. The Morgan fingerprint density at radius 2 is 0.740 bits per heavy atom. The summed E-state index contributed by atoms with van der Waals surface area (Å²) in [4.78, 5) is 6.52. The van der Waals surface area contributed by atoms with Gasteiger partial charge in [0.05, 0.1) is 34.3 Å². The summed E-state index contributed by atoms with van der Waals surface area (Å²) in [7, 11) is 0. The number of aromatic nitrogens is 3. The van der Waals surface area contributed by atoms with Gasteiger partial charge >= 0.3 is 0 Å². The molecule has 0 saturated heterocycles. The lowest BCUT2D eigenvalue weighted by atomic mass is 9.33. The third kappa shape index (κ3) is 14.2. The van der Waals surface area contributed by atoms with Gasteiger partial charge in [0.2, 0.25) is 0 Å². The smallest absolute Gasteiger partial charge is 0.252 e. The molecule has 0 atom stereocenters. The van der Waals surface area contributed by atoms with Crippen molar-refractivity contribution in [3.63, 3.8) is 0 Å². The molecule has 0 fully saturated rings. The monoisotopic (exact) mass is 1660 g/mol. The number of fused-ring (bicyclic) bond motifs is 13. The van der Waals surface area contributed by atoms with Crippen LogP contribution in [0.4, 0.5) is 39.8 Å². The van der Waals surface area contributed by atoms with Crippen LogP contribution in [-0.4, -0.2) is 27.0 Å². The van der Waals surface area contributed by atoms with Crippen molar-refractivity contribution in [1.82, 2.24) is 13.7 Å². The molecule has 3 aromatic heterocycles. The quantitative estimate of drug-likeness (QED) is 0.0801. The van der Waals surface area contributed by atoms with E-state index in [1.54, 1.807) is 45.9 Å². The Hall–Kier alpha value is -14.4. The molecule has 0 aliphatic carbocycles. The second-order valence-corrected chi connectivity index (χ2v) is 37.1. The van der Waals surface area contributed by atoms with Crippen molar-refractivity contribution in [3.8, 4) is 50.2 Å². The molecule has 7 heteroatoms. The lowest BCUT2D eigenvalue weighted by Gasteiger charge is -2.45.